The van der Waals surface area contributed by atoms with Gasteiger partial charge in [0, 0.05) is 11.1 Å². The van der Waals surface area contributed by atoms with Gasteiger partial charge in [0.05, 0.1) is 6.26 Å². The molecule has 2 heterocycles. The van der Waals surface area contributed by atoms with Gasteiger partial charge in [-0.2, -0.15) is 4.31 Å². The first kappa shape index (κ1) is 15.0. The lowest BCUT2D eigenvalue weighted by Crippen LogP contribution is -2.33. The van der Waals surface area contributed by atoms with E-state index in [0.717, 1.165) is 15.5 Å². The average Bonchev–Trinajstić information content (AvgIpc) is 3.02. The standard InChI is InChI=1S/C17H14N2O4S/c1-24(22,23)19-14(11-7-3-2-4-8-11)17(21)18-15(19)12-9-5-6-10-13(12)16(18)20/h2-10,14-15H,1H3/t14-,15-/m0/s1. The van der Waals surface area contributed by atoms with Crippen LogP contribution in [0.25, 0.3) is 0 Å². The normalized spacial score (nSPS) is 23.5. The van der Waals surface area contributed by atoms with Gasteiger partial charge < -0.3 is 0 Å². The van der Waals surface area contributed by atoms with Crippen molar-refractivity contribution < 1.29 is 18.0 Å². The van der Waals surface area contributed by atoms with Crippen LogP contribution in [0.5, 0.6) is 0 Å². The zero-order valence-corrected chi connectivity index (χ0v) is 13.6. The number of carbonyl (C=O) groups excluding carboxylic acids is 2. The van der Waals surface area contributed by atoms with Crippen LogP contribution >= 0.6 is 0 Å². The first-order chi connectivity index (χ1) is 11.4. The Morgan fingerprint density at radius 1 is 0.917 bits per heavy atom. The molecule has 0 radical (unpaired) electrons. The second-order valence-corrected chi connectivity index (χ2v) is 7.77. The highest BCUT2D eigenvalue weighted by atomic mass is 32.2. The number of nitrogens with zero attached hydrogens (tertiary/aromatic N) is 2. The van der Waals surface area contributed by atoms with Crippen molar-refractivity contribution in [2.75, 3.05) is 6.26 Å². The molecule has 24 heavy (non-hydrogen) atoms. The lowest BCUT2D eigenvalue weighted by molar-refractivity contribution is -0.127. The molecule has 7 heteroatoms. The molecule has 1 fully saturated rings. The lowest BCUT2D eigenvalue weighted by atomic mass is 10.1. The van der Waals surface area contributed by atoms with Gasteiger partial charge in [-0.1, -0.05) is 48.5 Å². The first-order valence-electron chi connectivity index (χ1n) is 7.41. The SMILES string of the molecule is CS(=O)(=O)N1[C@@H](c2ccccc2)C(=O)N2C(=O)c3ccccc3[C@@H]21. The Kier molecular flexibility index (Phi) is 3.13. The van der Waals surface area contributed by atoms with Gasteiger partial charge >= 0.3 is 0 Å². The topological polar surface area (TPSA) is 74.8 Å². The summed E-state index contributed by atoms with van der Waals surface area (Å²) in [6.45, 7) is 0. The quantitative estimate of drug-likeness (QED) is 0.778. The molecule has 0 unspecified atom stereocenters. The smallest absolute Gasteiger partial charge is 0.262 e. The predicted molar refractivity (Wildman–Crippen MR) is 86.2 cm³/mol. The Hall–Kier alpha value is -2.51. The maximum absolute atomic E-state index is 12.9. The van der Waals surface area contributed by atoms with Crippen LogP contribution in [0.2, 0.25) is 0 Å². The van der Waals surface area contributed by atoms with E-state index in [1.165, 1.54) is 0 Å². The number of carbonyl (C=O) groups is 2. The van der Waals surface area contributed by atoms with Crippen LogP contribution in [0.15, 0.2) is 54.6 Å². The molecule has 2 aliphatic rings. The van der Waals surface area contributed by atoms with Gasteiger partial charge in [-0.15, -0.1) is 0 Å². The maximum Gasteiger partial charge on any atom is 0.262 e. The van der Waals surface area contributed by atoms with Gasteiger partial charge in [-0.25, -0.2) is 8.42 Å². The van der Waals surface area contributed by atoms with Gasteiger partial charge in [-0.05, 0) is 11.6 Å². The van der Waals surface area contributed by atoms with Crippen molar-refractivity contribution in [1.82, 2.24) is 9.21 Å². The molecule has 6 nitrogen and oxygen atoms in total. The molecule has 2 amide bonds. The van der Waals surface area contributed by atoms with E-state index < -0.39 is 34.0 Å². The number of hydrogen-bond donors (Lipinski definition) is 0. The van der Waals surface area contributed by atoms with E-state index in [1.54, 1.807) is 54.6 Å². The molecule has 0 aromatic heterocycles. The third kappa shape index (κ3) is 1.95. The second kappa shape index (κ2) is 4.99. The van der Waals surface area contributed by atoms with Crippen LogP contribution in [-0.4, -0.2) is 35.7 Å². The highest BCUT2D eigenvalue weighted by molar-refractivity contribution is 7.88. The zero-order valence-electron chi connectivity index (χ0n) is 12.8. The zero-order chi connectivity index (χ0) is 17.1. The summed E-state index contributed by atoms with van der Waals surface area (Å²) in [5, 5.41) is 0. The Morgan fingerprint density at radius 3 is 2.21 bits per heavy atom. The van der Waals surface area contributed by atoms with Crippen molar-refractivity contribution in [1.29, 1.82) is 0 Å². The fourth-order valence-electron chi connectivity index (χ4n) is 3.45. The predicted octanol–water partition coefficient (Wildman–Crippen LogP) is 1.68. The first-order valence-corrected chi connectivity index (χ1v) is 9.26. The summed E-state index contributed by atoms with van der Waals surface area (Å²) in [5.41, 5.74) is 1.46. The molecule has 0 aliphatic carbocycles. The van der Waals surface area contributed by atoms with Crippen LogP contribution < -0.4 is 0 Å². The van der Waals surface area contributed by atoms with Gasteiger partial charge in [0.15, 0.2) is 0 Å². The number of benzene rings is 2. The van der Waals surface area contributed by atoms with Gasteiger partial charge in [-0.3, -0.25) is 14.5 Å². The summed E-state index contributed by atoms with van der Waals surface area (Å²) in [4.78, 5) is 26.6. The Labute approximate surface area is 139 Å². The van der Waals surface area contributed by atoms with Crippen molar-refractivity contribution in [3.63, 3.8) is 0 Å². The van der Waals surface area contributed by atoms with E-state index in [0.29, 0.717) is 16.7 Å². The second-order valence-electron chi connectivity index (χ2n) is 5.88. The molecular weight excluding hydrogens is 328 g/mol. The van der Waals surface area contributed by atoms with Crippen molar-refractivity contribution >= 4 is 21.8 Å². The Morgan fingerprint density at radius 2 is 1.54 bits per heavy atom. The van der Waals surface area contributed by atoms with Crippen LogP contribution in [0.3, 0.4) is 0 Å². The number of rotatable bonds is 2. The summed E-state index contributed by atoms with van der Waals surface area (Å²) < 4.78 is 26.0. The number of sulfonamides is 1. The Balaban J connectivity index is 1.95. The highest BCUT2D eigenvalue weighted by Crippen LogP contribution is 2.48. The summed E-state index contributed by atoms with van der Waals surface area (Å²) >= 11 is 0. The van der Waals surface area contributed by atoms with Crippen molar-refractivity contribution in [2.45, 2.75) is 12.2 Å². The minimum absolute atomic E-state index is 0.371. The van der Waals surface area contributed by atoms with Crippen LogP contribution in [0, 0.1) is 0 Å². The minimum Gasteiger partial charge on any atom is -0.272 e. The Bertz CT molecular complexity index is 956. The molecule has 2 aliphatic heterocycles. The molecule has 0 spiro atoms. The van der Waals surface area contributed by atoms with Gasteiger partial charge in [0.1, 0.15) is 12.2 Å². The van der Waals surface area contributed by atoms with Crippen LogP contribution in [0.1, 0.15) is 33.7 Å². The third-order valence-corrected chi connectivity index (χ3v) is 5.57. The average molecular weight is 342 g/mol. The largest absolute Gasteiger partial charge is 0.272 e. The van der Waals surface area contributed by atoms with E-state index in [4.69, 9.17) is 0 Å². The number of amides is 2. The lowest BCUT2D eigenvalue weighted by Gasteiger charge is -2.25. The fraction of sp³-hybridized carbons (Fsp3) is 0.176. The van der Waals surface area contributed by atoms with Crippen molar-refractivity contribution in [2.24, 2.45) is 0 Å². The molecule has 4 rings (SSSR count). The number of hydrogen-bond acceptors (Lipinski definition) is 4. The fourth-order valence-corrected chi connectivity index (χ4v) is 4.61. The molecule has 2 aromatic carbocycles. The molecular formula is C17H14N2O4S. The minimum atomic E-state index is -3.73. The number of imide groups is 1. The summed E-state index contributed by atoms with van der Waals surface area (Å²) in [6.07, 6.45) is 0.145. The summed E-state index contributed by atoms with van der Waals surface area (Å²) in [7, 11) is -3.73. The molecule has 0 N–H and O–H groups in total. The van der Waals surface area contributed by atoms with E-state index in [2.05, 4.69) is 0 Å². The third-order valence-electron chi connectivity index (χ3n) is 4.40. The molecule has 1 saturated heterocycles. The molecule has 2 aromatic rings. The van der Waals surface area contributed by atoms with Crippen LogP contribution in [-0.2, 0) is 14.8 Å². The molecule has 0 bridgehead atoms. The number of fused-ring (bicyclic) bond motifs is 3. The summed E-state index contributed by atoms with van der Waals surface area (Å²) in [6, 6.07) is 14.4. The molecule has 2 atom stereocenters. The maximum atomic E-state index is 12.9. The van der Waals surface area contributed by atoms with E-state index >= 15 is 0 Å². The van der Waals surface area contributed by atoms with Crippen molar-refractivity contribution in [3.8, 4) is 0 Å². The van der Waals surface area contributed by atoms with Crippen molar-refractivity contribution in [3.05, 3.63) is 71.3 Å². The van der Waals surface area contributed by atoms with E-state index in [9.17, 15) is 18.0 Å². The van der Waals surface area contributed by atoms with Crippen LogP contribution in [0.4, 0.5) is 0 Å². The van der Waals surface area contributed by atoms with Gasteiger partial charge in [0.25, 0.3) is 11.8 Å². The highest BCUT2D eigenvalue weighted by Gasteiger charge is 2.58. The van der Waals surface area contributed by atoms with E-state index in [1.807, 2.05) is 0 Å². The monoisotopic (exact) mass is 342 g/mol. The molecule has 0 saturated carbocycles. The molecule has 122 valence electrons. The van der Waals surface area contributed by atoms with E-state index in [-0.39, 0.29) is 0 Å². The summed E-state index contributed by atoms with van der Waals surface area (Å²) in [5.74, 6) is -0.967. The van der Waals surface area contributed by atoms with Gasteiger partial charge in [0.2, 0.25) is 10.0 Å².